The summed E-state index contributed by atoms with van der Waals surface area (Å²) < 4.78 is 0. The predicted molar refractivity (Wildman–Crippen MR) is 55.7 cm³/mol. The summed E-state index contributed by atoms with van der Waals surface area (Å²) in [6.07, 6.45) is 1.47. The number of thioether (sulfide) groups is 1. The molecule has 0 saturated heterocycles. The highest BCUT2D eigenvalue weighted by Gasteiger charge is 2.16. The van der Waals surface area contributed by atoms with Gasteiger partial charge in [0.25, 0.3) is 0 Å². The second-order valence-corrected chi connectivity index (χ2v) is 4.15. The number of hydrogen-bond donors (Lipinski definition) is 2. The van der Waals surface area contributed by atoms with Crippen LogP contribution in [-0.2, 0) is 4.79 Å². The first kappa shape index (κ1) is 11.5. The molecule has 1 heterocycles. The van der Waals surface area contributed by atoms with E-state index in [1.807, 2.05) is 0 Å². The van der Waals surface area contributed by atoms with Gasteiger partial charge in [0.2, 0.25) is 5.91 Å². The van der Waals surface area contributed by atoms with Crippen LogP contribution in [0.5, 0.6) is 0 Å². The van der Waals surface area contributed by atoms with Crippen LogP contribution in [0.2, 0.25) is 0 Å². The monoisotopic (exact) mass is 226 g/mol. The smallest absolute Gasteiger partial charge is 0.338 e. The second kappa shape index (κ2) is 4.79. The van der Waals surface area contributed by atoms with Gasteiger partial charge >= 0.3 is 5.97 Å². The highest BCUT2D eigenvalue weighted by Crippen LogP contribution is 2.24. The number of nitrogens with zero attached hydrogens (tertiary/aromatic N) is 1. The number of amides is 1. The van der Waals surface area contributed by atoms with Crippen LogP contribution in [0.1, 0.15) is 17.3 Å². The highest BCUT2D eigenvalue weighted by atomic mass is 32.2. The Morgan fingerprint density at radius 3 is 2.80 bits per heavy atom. The minimum Gasteiger partial charge on any atom is -0.478 e. The number of rotatable bonds is 4. The molecule has 0 bridgehead atoms. The summed E-state index contributed by atoms with van der Waals surface area (Å²) in [7, 11) is 0. The van der Waals surface area contributed by atoms with E-state index in [0.29, 0.717) is 5.03 Å². The van der Waals surface area contributed by atoms with Crippen LogP contribution in [0.3, 0.4) is 0 Å². The quantitative estimate of drug-likeness (QED) is 0.739. The van der Waals surface area contributed by atoms with E-state index in [1.54, 1.807) is 6.92 Å². The van der Waals surface area contributed by atoms with Crippen molar-refractivity contribution < 1.29 is 14.7 Å². The molecule has 1 unspecified atom stereocenters. The Bertz CT molecular complexity index is 395. The van der Waals surface area contributed by atoms with E-state index in [1.165, 1.54) is 18.3 Å². The second-order valence-electron chi connectivity index (χ2n) is 2.82. The van der Waals surface area contributed by atoms with Gasteiger partial charge in [-0.3, -0.25) is 4.79 Å². The van der Waals surface area contributed by atoms with Crippen LogP contribution >= 0.6 is 11.8 Å². The molecule has 0 aliphatic rings. The molecule has 5 nitrogen and oxygen atoms in total. The molecule has 0 aromatic carbocycles. The number of nitrogens with two attached hydrogens (primary N) is 1. The largest absolute Gasteiger partial charge is 0.478 e. The number of hydrogen-bond acceptors (Lipinski definition) is 4. The molecule has 0 aliphatic heterocycles. The van der Waals surface area contributed by atoms with Crippen molar-refractivity contribution in [3.05, 3.63) is 23.9 Å². The zero-order chi connectivity index (χ0) is 11.4. The first-order valence-corrected chi connectivity index (χ1v) is 5.04. The summed E-state index contributed by atoms with van der Waals surface area (Å²) in [6.45, 7) is 1.60. The van der Waals surface area contributed by atoms with Crippen molar-refractivity contribution in [2.45, 2.75) is 17.2 Å². The summed E-state index contributed by atoms with van der Waals surface area (Å²) in [5, 5.41) is 8.65. The number of aromatic nitrogens is 1. The van der Waals surface area contributed by atoms with Gasteiger partial charge in [0.05, 0.1) is 10.8 Å². The molecule has 0 aliphatic carbocycles. The lowest BCUT2D eigenvalue weighted by atomic mass is 10.3. The third-order valence-corrected chi connectivity index (χ3v) is 2.83. The first-order valence-electron chi connectivity index (χ1n) is 4.16. The van der Waals surface area contributed by atoms with Crippen molar-refractivity contribution in [1.82, 2.24) is 4.98 Å². The standard InChI is InChI=1S/C9H10N2O3S/c1-5(7(10)12)15-8-6(9(13)14)3-2-4-11-8/h2-5H,1H3,(H2,10,12)(H,13,14). The third-order valence-electron chi connectivity index (χ3n) is 1.69. The maximum Gasteiger partial charge on any atom is 0.338 e. The number of pyridine rings is 1. The molecule has 3 N–H and O–H groups in total. The number of carboxylic acid groups (broad SMARTS) is 1. The zero-order valence-corrected chi connectivity index (χ0v) is 8.82. The number of carboxylic acids is 1. The van der Waals surface area contributed by atoms with Crippen LogP contribution in [0.4, 0.5) is 0 Å². The van der Waals surface area contributed by atoms with Crippen LogP contribution in [0, 0.1) is 0 Å². The molecule has 0 fully saturated rings. The van der Waals surface area contributed by atoms with Gasteiger partial charge in [0.1, 0.15) is 5.03 Å². The molecule has 0 spiro atoms. The zero-order valence-electron chi connectivity index (χ0n) is 8.01. The van der Waals surface area contributed by atoms with Crippen LogP contribution in [-0.4, -0.2) is 27.2 Å². The average Bonchev–Trinajstić information content (AvgIpc) is 2.18. The van der Waals surface area contributed by atoms with Gasteiger partial charge in [-0.15, -0.1) is 0 Å². The van der Waals surface area contributed by atoms with Crippen molar-refractivity contribution in [3.63, 3.8) is 0 Å². The number of carbonyl (C=O) groups excluding carboxylic acids is 1. The minimum atomic E-state index is -1.07. The van der Waals surface area contributed by atoms with Gasteiger partial charge in [-0.2, -0.15) is 0 Å². The van der Waals surface area contributed by atoms with Gasteiger partial charge in [-0.25, -0.2) is 9.78 Å². The fourth-order valence-electron chi connectivity index (χ4n) is 0.873. The topological polar surface area (TPSA) is 93.3 Å². The van der Waals surface area contributed by atoms with E-state index in [4.69, 9.17) is 10.8 Å². The summed E-state index contributed by atoms with van der Waals surface area (Å²) in [5.41, 5.74) is 5.15. The Labute approximate surface area is 90.7 Å². The SMILES string of the molecule is CC(Sc1ncccc1C(=O)O)C(N)=O. The molecular weight excluding hydrogens is 216 g/mol. The molecule has 1 amide bonds. The van der Waals surface area contributed by atoms with E-state index < -0.39 is 17.1 Å². The van der Waals surface area contributed by atoms with Crippen LogP contribution in [0.15, 0.2) is 23.4 Å². The van der Waals surface area contributed by atoms with E-state index in [0.717, 1.165) is 11.8 Å². The van der Waals surface area contributed by atoms with Gasteiger partial charge in [-0.05, 0) is 19.1 Å². The van der Waals surface area contributed by atoms with Crippen molar-refractivity contribution in [2.24, 2.45) is 5.73 Å². The Morgan fingerprint density at radius 2 is 2.27 bits per heavy atom. The van der Waals surface area contributed by atoms with E-state index in [9.17, 15) is 9.59 Å². The fraction of sp³-hybridized carbons (Fsp3) is 0.222. The molecule has 1 aromatic rings. The van der Waals surface area contributed by atoms with E-state index in [-0.39, 0.29) is 5.56 Å². The maximum absolute atomic E-state index is 10.8. The highest BCUT2D eigenvalue weighted by molar-refractivity contribution is 8.00. The molecule has 0 radical (unpaired) electrons. The average molecular weight is 226 g/mol. The minimum absolute atomic E-state index is 0.0793. The van der Waals surface area contributed by atoms with Crippen molar-refractivity contribution in [3.8, 4) is 0 Å². The van der Waals surface area contributed by atoms with Crippen molar-refractivity contribution >= 4 is 23.6 Å². The van der Waals surface area contributed by atoms with E-state index in [2.05, 4.69) is 4.98 Å². The number of aromatic carboxylic acids is 1. The Morgan fingerprint density at radius 1 is 1.60 bits per heavy atom. The molecule has 6 heteroatoms. The Hall–Kier alpha value is -1.56. The van der Waals surface area contributed by atoms with Crippen LogP contribution < -0.4 is 5.73 Å². The van der Waals surface area contributed by atoms with E-state index >= 15 is 0 Å². The lowest BCUT2D eigenvalue weighted by Crippen LogP contribution is -2.23. The third kappa shape index (κ3) is 2.95. The molecule has 1 aromatic heterocycles. The normalized spacial score (nSPS) is 12.1. The van der Waals surface area contributed by atoms with Crippen molar-refractivity contribution in [2.75, 3.05) is 0 Å². The molecule has 0 saturated carbocycles. The number of primary amides is 1. The Kier molecular flexibility index (Phi) is 3.68. The van der Waals surface area contributed by atoms with Crippen LogP contribution in [0.25, 0.3) is 0 Å². The first-order chi connectivity index (χ1) is 7.02. The molecule has 15 heavy (non-hydrogen) atoms. The predicted octanol–water partition coefficient (Wildman–Crippen LogP) is 0.746. The Balaban J connectivity index is 2.94. The lowest BCUT2D eigenvalue weighted by Gasteiger charge is -2.07. The summed E-state index contributed by atoms with van der Waals surface area (Å²) in [6, 6.07) is 2.97. The maximum atomic E-state index is 10.8. The summed E-state index contributed by atoms with van der Waals surface area (Å²) >= 11 is 1.04. The number of carbonyl (C=O) groups is 2. The molecular formula is C9H10N2O3S. The van der Waals surface area contributed by atoms with Gasteiger partial charge in [-0.1, -0.05) is 11.8 Å². The van der Waals surface area contributed by atoms with Gasteiger partial charge < -0.3 is 10.8 Å². The van der Waals surface area contributed by atoms with Gasteiger partial charge in [0, 0.05) is 6.20 Å². The van der Waals surface area contributed by atoms with Crippen molar-refractivity contribution in [1.29, 1.82) is 0 Å². The summed E-state index contributed by atoms with van der Waals surface area (Å²) in [4.78, 5) is 25.5. The lowest BCUT2D eigenvalue weighted by molar-refractivity contribution is -0.117. The fourth-order valence-corrected chi connectivity index (χ4v) is 1.73. The molecule has 1 rings (SSSR count). The summed E-state index contributed by atoms with van der Waals surface area (Å²) in [5.74, 6) is -1.57. The van der Waals surface area contributed by atoms with Gasteiger partial charge in [0.15, 0.2) is 0 Å². The molecule has 1 atom stereocenters. The molecule has 80 valence electrons.